The van der Waals surface area contributed by atoms with E-state index in [9.17, 15) is 0 Å². The Bertz CT molecular complexity index is 2360. The summed E-state index contributed by atoms with van der Waals surface area (Å²) in [7, 11) is 0. The molecule has 0 fully saturated rings. The fourth-order valence-corrected chi connectivity index (χ4v) is 8.19. The molecule has 0 saturated carbocycles. The Labute approximate surface area is 264 Å². The van der Waals surface area contributed by atoms with Gasteiger partial charge in [0.2, 0.25) is 0 Å². The maximum absolute atomic E-state index is 4.98. The van der Waals surface area contributed by atoms with Gasteiger partial charge >= 0.3 is 5.82 Å². The number of rotatable bonds is 4. The Hall–Kier alpha value is -5.08. The van der Waals surface area contributed by atoms with Crippen LogP contribution in [0.25, 0.3) is 54.6 Å². The van der Waals surface area contributed by atoms with E-state index in [2.05, 4.69) is 153 Å². The smallest absolute Gasteiger partial charge is 0.216 e. The molecule has 9 rings (SSSR count). The number of nitrogens with zero attached hydrogens (tertiary/aromatic N) is 2. The van der Waals surface area contributed by atoms with Crippen molar-refractivity contribution in [3.63, 3.8) is 0 Å². The molecule has 1 aliphatic heterocycles. The minimum absolute atomic E-state index is 0.104. The van der Waals surface area contributed by atoms with Gasteiger partial charge < -0.3 is 0 Å². The van der Waals surface area contributed by atoms with Crippen molar-refractivity contribution in [1.29, 1.82) is 0 Å². The second-order valence-corrected chi connectivity index (χ2v) is 13.3. The van der Waals surface area contributed by atoms with Crippen LogP contribution in [0.5, 0.6) is 0 Å². The second-order valence-electron chi connectivity index (χ2n) is 13.3. The highest BCUT2D eigenvalue weighted by atomic mass is 15.1. The zero-order valence-electron chi connectivity index (χ0n) is 26.0. The van der Waals surface area contributed by atoms with Gasteiger partial charge in [-0.2, -0.15) is 0 Å². The average Bonchev–Trinajstić information content (AvgIpc) is 3.55. The third-order valence-electron chi connectivity index (χ3n) is 10.3. The molecule has 2 aliphatic rings. The Kier molecular flexibility index (Phi) is 5.68. The van der Waals surface area contributed by atoms with Crippen molar-refractivity contribution >= 4 is 43.8 Å². The maximum Gasteiger partial charge on any atom is 0.323 e. The Morgan fingerprint density at radius 3 is 2.13 bits per heavy atom. The van der Waals surface area contributed by atoms with E-state index in [1.807, 2.05) is 0 Å². The van der Waals surface area contributed by atoms with E-state index < -0.39 is 0 Å². The Balaban J connectivity index is 1.14. The Morgan fingerprint density at radius 2 is 1.36 bits per heavy atom. The van der Waals surface area contributed by atoms with Crippen molar-refractivity contribution in [2.75, 3.05) is 0 Å². The number of benzene rings is 6. The quantitative estimate of drug-likeness (QED) is 0.146. The van der Waals surface area contributed by atoms with Crippen LogP contribution in [0.15, 0.2) is 133 Å². The van der Waals surface area contributed by atoms with Crippen LogP contribution in [-0.2, 0) is 5.41 Å². The lowest BCUT2D eigenvalue weighted by molar-refractivity contribution is -0.680. The summed E-state index contributed by atoms with van der Waals surface area (Å²) in [6.07, 6.45) is 4.26. The molecular formula is C43H35N2+. The number of pyridine rings is 1. The molecule has 6 aromatic carbocycles. The predicted octanol–water partition coefficient (Wildman–Crippen LogP) is 10.9. The number of aliphatic imine (C=N–C) groups is 1. The number of aromatic nitrogens is 1. The molecule has 0 N–H and O–H groups in total. The minimum Gasteiger partial charge on any atom is -0.216 e. The van der Waals surface area contributed by atoms with Gasteiger partial charge in [-0.15, -0.1) is 0 Å². The molecule has 1 aromatic heterocycles. The van der Waals surface area contributed by atoms with Gasteiger partial charge in [0.15, 0.2) is 11.8 Å². The number of hydrogen-bond donors (Lipinski definition) is 0. The molecule has 0 radical (unpaired) electrons. The van der Waals surface area contributed by atoms with Gasteiger partial charge in [0.25, 0.3) is 0 Å². The van der Waals surface area contributed by atoms with Gasteiger partial charge in [-0.25, -0.2) is 4.57 Å². The molecule has 0 amide bonds. The standard InChI is InChI=1S/C43H35N2/c1-4-11-38-42(45-23-10-9-16-39(45)44-38)28-19-17-27(18-20-28)29-21-22-30-25-36-37(26-31(30)24-29)43(2,3)41-35-15-8-6-13-33(35)32-12-5-7-14-34(32)40(36)41/h5-10,12-26,42H,4,11H2,1-3H3/q+1. The molecule has 1 unspecified atom stereocenters. The molecule has 216 valence electrons. The van der Waals surface area contributed by atoms with Crippen molar-refractivity contribution in [3.05, 3.63) is 144 Å². The average molecular weight is 580 g/mol. The van der Waals surface area contributed by atoms with Crippen molar-refractivity contribution in [2.45, 2.75) is 45.1 Å². The van der Waals surface area contributed by atoms with Crippen LogP contribution < -0.4 is 4.57 Å². The monoisotopic (exact) mass is 579 g/mol. The van der Waals surface area contributed by atoms with E-state index in [4.69, 9.17) is 4.99 Å². The van der Waals surface area contributed by atoms with Crippen LogP contribution in [0.1, 0.15) is 56.3 Å². The van der Waals surface area contributed by atoms with Crippen molar-refractivity contribution in [1.82, 2.24) is 0 Å². The highest BCUT2D eigenvalue weighted by molar-refractivity contribution is 6.19. The lowest BCUT2D eigenvalue weighted by Gasteiger charge is -2.24. The molecule has 2 heteroatoms. The van der Waals surface area contributed by atoms with Crippen LogP contribution in [0, 0.1) is 0 Å². The predicted molar refractivity (Wildman–Crippen MR) is 189 cm³/mol. The summed E-state index contributed by atoms with van der Waals surface area (Å²) in [4.78, 5) is 4.98. The zero-order chi connectivity index (χ0) is 30.3. The van der Waals surface area contributed by atoms with E-state index in [1.165, 1.54) is 77.0 Å². The highest BCUT2D eigenvalue weighted by Crippen LogP contribution is 2.55. The van der Waals surface area contributed by atoms with E-state index in [-0.39, 0.29) is 11.5 Å². The van der Waals surface area contributed by atoms with Crippen molar-refractivity contribution in [2.24, 2.45) is 4.99 Å². The third-order valence-corrected chi connectivity index (χ3v) is 10.3. The fraction of sp³-hybridized carbons (Fsp3) is 0.163. The second kappa shape index (κ2) is 9.71. The largest absolute Gasteiger partial charge is 0.323 e. The lowest BCUT2D eigenvalue weighted by atomic mass is 9.79. The van der Waals surface area contributed by atoms with Gasteiger partial charge in [0, 0.05) is 23.5 Å². The van der Waals surface area contributed by atoms with Crippen molar-refractivity contribution < 1.29 is 4.57 Å². The van der Waals surface area contributed by atoms with Crippen LogP contribution >= 0.6 is 0 Å². The van der Waals surface area contributed by atoms with E-state index in [1.54, 1.807) is 0 Å². The first kappa shape index (κ1) is 26.3. The van der Waals surface area contributed by atoms with Gasteiger partial charge in [-0.05, 0) is 101 Å². The molecule has 2 heterocycles. The van der Waals surface area contributed by atoms with Crippen molar-refractivity contribution in [3.8, 4) is 22.3 Å². The first-order chi connectivity index (χ1) is 22.0. The third kappa shape index (κ3) is 3.82. The molecule has 45 heavy (non-hydrogen) atoms. The summed E-state index contributed by atoms with van der Waals surface area (Å²) in [6.45, 7) is 7.04. The van der Waals surface area contributed by atoms with E-state index >= 15 is 0 Å². The van der Waals surface area contributed by atoms with Gasteiger partial charge in [-0.1, -0.05) is 112 Å². The normalized spacial score (nSPS) is 16.2. The minimum atomic E-state index is -0.104. The van der Waals surface area contributed by atoms with E-state index in [0.717, 1.165) is 18.7 Å². The Morgan fingerprint density at radius 1 is 0.667 bits per heavy atom. The molecule has 2 nitrogen and oxygen atoms in total. The zero-order valence-corrected chi connectivity index (χ0v) is 26.0. The number of hydrogen-bond acceptors (Lipinski definition) is 1. The summed E-state index contributed by atoms with van der Waals surface area (Å²) in [5.74, 6) is 1.04. The summed E-state index contributed by atoms with van der Waals surface area (Å²) in [6, 6.07) is 45.4. The summed E-state index contributed by atoms with van der Waals surface area (Å²) in [5, 5.41) is 7.98. The summed E-state index contributed by atoms with van der Waals surface area (Å²) in [5.41, 5.74) is 10.6. The molecule has 1 aliphatic carbocycles. The SMILES string of the molecule is CCCC1=Nc2cccc[n+]2C1c1ccc(-c2ccc3cc4c(cc3c2)C(C)(C)c2c-4c3ccccc3c3ccccc23)cc1. The maximum atomic E-state index is 4.98. The first-order valence-electron chi connectivity index (χ1n) is 16.2. The van der Waals surface area contributed by atoms with Crippen LogP contribution in [-0.4, -0.2) is 5.71 Å². The molecule has 7 aromatic rings. The van der Waals surface area contributed by atoms with Crippen LogP contribution in [0.2, 0.25) is 0 Å². The lowest BCUT2D eigenvalue weighted by Crippen LogP contribution is -2.40. The number of fused-ring (bicyclic) bond motifs is 10. The summed E-state index contributed by atoms with van der Waals surface area (Å²) >= 11 is 0. The molecule has 0 saturated heterocycles. The molecule has 0 spiro atoms. The van der Waals surface area contributed by atoms with Gasteiger partial charge in [0.05, 0.1) is 6.20 Å². The topological polar surface area (TPSA) is 16.2 Å². The molecule has 0 bridgehead atoms. The molecular weight excluding hydrogens is 544 g/mol. The van der Waals surface area contributed by atoms with E-state index in [0.29, 0.717) is 0 Å². The highest BCUT2D eigenvalue weighted by Gasteiger charge is 2.39. The van der Waals surface area contributed by atoms with Crippen LogP contribution in [0.3, 0.4) is 0 Å². The summed E-state index contributed by atoms with van der Waals surface area (Å²) < 4.78 is 2.31. The first-order valence-corrected chi connectivity index (χ1v) is 16.2. The van der Waals surface area contributed by atoms with Crippen LogP contribution in [0.4, 0.5) is 5.82 Å². The fourth-order valence-electron chi connectivity index (χ4n) is 8.19. The van der Waals surface area contributed by atoms with Gasteiger partial charge in [-0.3, -0.25) is 0 Å². The molecule has 1 atom stereocenters. The van der Waals surface area contributed by atoms with Gasteiger partial charge in [0.1, 0.15) is 0 Å².